The zero-order valence-corrected chi connectivity index (χ0v) is 12.7. The third kappa shape index (κ3) is 5.14. The van der Waals surface area contributed by atoms with Crippen LogP contribution in [0.15, 0.2) is 48.5 Å². The summed E-state index contributed by atoms with van der Waals surface area (Å²) >= 11 is 0. The molecule has 0 bridgehead atoms. The fourth-order valence-corrected chi connectivity index (χ4v) is 2.22. The molecule has 0 atom stereocenters. The van der Waals surface area contributed by atoms with Crippen LogP contribution >= 0.6 is 0 Å². The number of benzene rings is 2. The number of phenolic OH excluding ortho intramolecular Hbond substituents is 1. The Morgan fingerprint density at radius 2 is 1.65 bits per heavy atom. The summed E-state index contributed by atoms with van der Waals surface area (Å²) in [5, 5.41) is 21.0. The molecule has 0 aliphatic rings. The highest BCUT2D eigenvalue weighted by molar-refractivity contribution is 6.06. The van der Waals surface area contributed by atoms with Gasteiger partial charge in [0.25, 0.3) is 5.91 Å². The molecule has 0 fully saturated rings. The second kappa shape index (κ2) is 7.98. The van der Waals surface area contributed by atoms with Crippen molar-refractivity contribution in [1.29, 1.82) is 0 Å². The molecule has 0 aromatic heterocycles. The number of hydrogen-bond acceptors (Lipinski definition) is 3. The van der Waals surface area contributed by atoms with Gasteiger partial charge in [0.1, 0.15) is 5.75 Å². The van der Waals surface area contributed by atoms with E-state index < -0.39 is 5.97 Å². The summed E-state index contributed by atoms with van der Waals surface area (Å²) in [5.41, 5.74) is 1.97. The van der Waals surface area contributed by atoms with Crippen LogP contribution in [0.5, 0.6) is 5.75 Å². The first-order valence-electron chi connectivity index (χ1n) is 7.46. The van der Waals surface area contributed by atoms with Crippen LogP contribution in [0, 0.1) is 0 Å². The zero-order valence-electron chi connectivity index (χ0n) is 12.7. The van der Waals surface area contributed by atoms with E-state index in [1.54, 1.807) is 30.3 Å². The molecule has 5 heteroatoms. The molecule has 2 aromatic rings. The molecule has 0 aliphatic heterocycles. The van der Waals surface area contributed by atoms with Gasteiger partial charge in [-0.15, -0.1) is 0 Å². The molecule has 0 spiro atoms. The number of carbonyl (C=O) groups is 2. The van der Waals surface area contributed by atoms with Crippen molar-refractivity contribution < 1.29 is 19.8 Å². The van der Waals surface area contributed by atoms with Crippen LogP contribution < -0.4 is 5.32 Å². The maximum absolute atomic E-state index is 12.1. The summed E-state index contributed by atoms with van der Waals surface area (Å²) in [6, 6.07) is 13.8. The van der Waals surface area contributed by atoms with Crippen molar-refractivity contribution in [2.75, 3.05) is 5.32 Å². The lowest BCUT2D eigenvalue weighted by atomic mass is 10.1. The smallest absolute Gasteiger partial charge is 0.303 e. The first-order valence-corrected chi connectivity index (χ1v) is 7.46. The van der Waals surface area contributed by atoms with E-state index in [0.717, 1.165) is 18.4 Å². The van der Waals surface area contributed by atoms with Gasteiger partial charge in [-0.3, -0.25) is 9.59 Å². The highest BCUT2D eigenvalue weighted by Gasteiger charge is 2.10. The molecule has 120 valence electrons. The van der Waals surface area contributed by atoms with Gasteiger partial charge in [-0.25, -0.2) is 0 Å². The summed E-state index contributed by atoms with van der Waals surface area (Å²) in [7, 11) is 0. The first kappa shape index (κ1) is 16.5. The minimum Gasteiger partial charge on any atom is -0.507 e. The molecule has 3 N–H and O–H groups in total. The number of carbonyl (C=O) groups excluding carboxylic acids is 1. The number of aliphatic carboxylic acids is 1. The van der Waals surface area contributed by atoms with E-state index in [9.17, 15) is 14.7 Å². The van der Waals surface area contributed by atoms with Gasteiger partial charge in [-0.1, -0.05) is 24.3 Å². The Labute approximate surface area is 134 Å². The Hall–Kier alpha value is -2.82. The van der Waals surface area contributed by atoms with Gasteiger partial charge in [-0.2, -0.15) is 0 Å². The summed E-state index contributed by atoms with van der Waals surface area (Å²) in [4.78, 5) is 22.5. The van der Waals surface area contributed by atoms with Crippen molar-refractivity contribution in [3.63, 3.8) is 0 Å². The van der Waals surface area contributed by atoms with Crippen molar-refractivity contribution in [3.8, 4) is 5.75 Å². The summed E-state index contributed by atoms with van der Waals surface area (Å²) in [5.74, 6) is -1.19. The molecular formula is C18H19NO4. The number of carboxylic acids is 1. The molecule has 0 radical (unpaired) electrons. The summed E-state index contributed by atoms with van der Waals surface area (Å²) in [6.45, 7) is 0. The van der Waals surface area contributed by atoms with Crippen molar-refractivity contribution in [2.45, 2.75) is 25.7 Å². The fourth-order valence-electron chi connectivity index (χ4n) is 2.22. The van der Waals surface area contributed by atoms with Gasteiger partial charge in [-0.05, 0) is 49.1 Å². The van der Waals surface area contributed by atoms with Crippen LogP contribution in [0.2, 0.25) is 0 Å². The zero-order chi connectivity index (χ0) is 16.7. The van der Waals surface area contributed by atoms with E-state index in [4.69, 9.17) is 5.11 Å². The van der Waals surface area contributed by atoms with E-state index in [-0.39, 0.29) is 23.6 Å². The van der Waals surface area contributed by atoms with E-state index in [0.29, 0.717) is 12.1 Å². The Balaban J connectivity index is 1.88. The number of para-hydroxylation sites is 1. The Morgan fingerprint density at radius 1 is 0.957 bits per heavy atom. The van der Waals surface area contributed by atoms with Crippen LogP contribution in [0.4, 0.5) is 5.69 Å². The molecular weight excluding hydrogens is 294 g/mol. The number of rotatable bonds is 7. The van der Waals surface area contributed by atoms with Crippen molar-refractivity contribution in [2.24, 2.45) is 0 Å². The summed E-state index contributed by atoms with van der Waals surface area (Å²) < 4.78 is 0. The maximum Gasteiger partial charge on any atom is 0.303 e. The predicted octanol–water partition coefficient (Wildman–Crippen LogP) is 3.44. The SMILES string of the molecule is O=C(O)CCCCc1ccc(NC(=O)c2ccccc2O)cc1. The number of hydrogen-bond donors (Lipinski definition) is 3. The van der Waals surface area contributed by atoms with Gasteiger partial charge in [0, 0.05) is 12.1 Å². The molecule has 0 unspecified atom stereocenters. The number of aromatic hydroxyl groups is 1. The van der Waals surface area contributed by atoms with Crippen LogP contribution in [-0.4, -0.2) is 22.1 Å². The number of nitrogens with one attached hydrogen (secondary N) is 1. The van der Waals surface area contributed by atoms with E-state index in [1.807, 2.05) is 12.1 Å². The van der Waals surface area contributed by atoms with E-state index >= 15 is 0 Å². The molecule has 2 rings (SSSR count). The standard InChI is InChI=1S/C18H19NO4/c20-16-7-3-2-6-15(16)18(23)19-14-11-9-13(10-12-14)5-1-4-8-17(21)22/h2-3,6-7,9-12,20H,1,4-5,8H2,(H,19,23)(H,21,22). The van der Waals surface area contributed by atoms with Crippen molar-refractivity contribution >= 4 is 17.6 Å². The number of unbranched alkanes of at least 4 members (excludes halogenated alkanes) is 1. The van der Waals surface area contributed by atoms with Crippen LogP contribution in [0.1, 0.15) is 35.2 Å². The molecule has 2 aromatic carbocycles. The molecule has 0 aliphatic carbocycles. The lowest BCUT2D eigenvalue weighted by Crippen LogP contribution is -2.11. The van der Waals surface area contributed by atoms with Crippen LogP contribution in [0.25, 0.3) is 0 Å². The summed E-state index contributed by atoms with van der Waals surface area (Å²) in [6.07, 6.45) is 2.46. The fraction of sp³-hybridized carbons (Fsp3) is 0.222. The van der Waals surface area contributed by atoms with Crippen molar-refractivity contribution in [3.05, 3.63) is 59.7 Å². The molecule has 1 amide bonds. The number of carboxylic acid groups (broad SMARTS) is 1. The lowest BCUT2D eigenvalue weighted by Gasteiger charge is -2.08. The second-order valence-electron chi connectivity index (χ2n) is 5.27. The van der Waals surface area contributed by atoms with Gasteiger partial charge in [0.15, 0.2) is 0 Å². The maximum atomic E-state index is 12.1. The normalized spacial score (nSPS) is 10.3. The lowest BCUT2D eigenvalue weighted by molar-refractivity contribution is -0.137. The average Bonchev–Trinajstić information content (AvgIpc) is 2.53. The number of amides is 1. The Kier molecular flexibility index (Phi) is 5.74. The third-order valence-corrected chi connectivity index (χ3v) is 3.47. The molecule has 0 saturated carbocycles. The van der Waals surface area contributed by atoms with Crippen molar-refractivity contribution in [1.82, 2.24) is 0 Å². The molecule has 5 nitrogen and oxygen atoms in total. The van der Waals surface area contributed by atoms with E-state index in [2.05, 4.69) is 5.32 Å². The van der Waals surface area contributed by atoms with Gasteiger partial charge >= 0.3 is 5.97 Å². The third-order valence-electron chi connectivity index (χ3n) is 3.47. The number of anilines is 1. The topological polar surface area (TPSA) is 86.6 Å². The average molecular weight is 313 g/mol. The minimum atomic E-state index is -0.771. The Bertz CT molecular complexity index is 680. The highest BCUT2D eigenvalue weighted by atomic mass is 16.4. The largest absolute Gasteiger partial charge is 0.507 e. The molecule has 0 heterocycles. The molecule has 23 heavy (non-hydrogen) atoms. The van der Waals surface area contributed by atoms with Gasteiger partial charge in [0.2, 0.25) is 0 Å². The first-order chi connectivity index (χ1) is 11.1. The highest BCUT2D eigenvalue weighted by Crippen LogP contribution is 2.18. The predicted molar refractivity (Wildman–Crippen MR) is 87.7 cm³/mol. The molecule has 0 saturated heterocycles. The second-order valence-corrected chi connectivity index (χ2v) is 5.27. The number of phenols is 1. The van der Waals surface area contributed by atoms with Crippen LogP contribution in [0.3, 0.4) is 0 Å². The van der Waals surface area contributed by atoms with Gasteiger partial charge in [0.05, 0.1) is 5.56 Å². The minimum absolute atomic E-state index is 0.0555. The van der Waals surface area contributed by atoms with Crippen LogP contribution in [-0.2, 0) is 11.2 Å². The van der Waals surface area contributed by atoms with Gasteiger partial charge < -0.3 is 15.5 Å². The number of aryl methyl sites for hydroxylation is 1. The Morgan fingerprint density at radius 3 is 2.30 bits per heavy atom. The monoisotopic (exact) mass is 313 g/mol. The quantitative estimate of drug-likeness (QED) is 0.683. The van der Waals surface area contributed by atoms with E-state index in [1.165, 1.54) is 6.07 Å².